The summed E-state index contributed by atoms with van der Waals surface area (Å²) in [5.74, 6) is 1.87. The number of pyridine rings is 3. The maximum absolute atomic E-state index is 9.64. The molecule has 6 aromatic carbocycles. The smallest absolute Gasteiger partial charge is 0.192 e. The molecule has 1 saturated heterocycles. The van der Waals surface area contributed by atoms with Gasteiger partial charge in [-0.2, -0.15) is 0 Å². The molecule has 0 amide bonds. The molecule has 14 nitrogen and oxygen atoms in total. The molecule has 4 unspecified atom stereocenters. The van der Waals surface area contributed by atoms with Gasteiger partial charge in [-0.25, -0.2) is 15.0 Å². The van der Waals surface area contributed by atoms with Gasteiger partial charge in [0.25, 0.3) is 0 Å². The van der Waals surface area contributed by atoms with Crippen LogP contribution in [0.4, 0.5) is 17.1 Å². The number of fused-ring (bicyclic) bond motifs is 3. The maximum Gasteiger partial charge on any atom is 0.192 e. The molecule has 10 rings (SSSR count). The highest BCUT2D eigenvalue weighted by Crippen LogP contribution is 2.38. The minimum atomic E-state index is -1.67. The first-order valence-corrected chi connectivity index (χ1v) is 37.7. The fraction of sp³-hybridized carbons (Fsp3) is 0.438. The van der Waals surface area contributed by atoms with Gasteiger partial charge in [0.1, 0.15) is 30.5 Å². The Morgan fingerprint density at radius 3 is 1.25 bits per heavy atom. The summed E-state index contributed by atoms with van der Waals surface area (Å²) < 4.78 is 29.5. The lowest BCUT2D eigenvalue weighted by atomic mass is 10.1. The van der Waals surface area contributed by atoms with Crippen molar-refractivity contribution in [2.24, 2.45) is 0 Å². The minimum absolute atomic E-state index is 0.0286. The average Bonchev–Trinajstić information content (AvgIpc) is 0.859. The number of hydrogen-bond acceptors (Lipinski definition) is 14. The van der Waals surface area contributed by atoms with E-state index in [2.05, 4.69) is 199 Å². The average molecular weight is 1310 g/mol. The van der Waals surface area contributed by atoms with Crippen LogP contribution in [0.3, 0.4) is 0 Å². The van der Waals surface area contributed by atoms with Gasteiger partial charge in [0, 0.05) is 95.8 Å². The van der Waals surface area contributed by atoms with E-state index < -0.39 is 14.4 Å². The number of aliphatic hydroxyl groups excluding tert-OH is 2. The Morgan fingerprint density at radius 1 is 0.495 bits per heavy atom. The molecule has 1 aliphatic rings. The summed E-state index contributed by atoms with van der Waals surface area (Å²) in [6.45, 7) is 38.0. The third-order valence-electron chi connectivity index (χ3n) is 18.1. The topological polar surface area (TPSA) is 155 Å². The minimum Gasteiger partial charge on any atom is -0.508 e. The molecule has 1 fully saturated rings. The molecular weight excluding hydrogens is 1200 g/mol. The van der Waals surface area contributed by atoms with Crippen molar-refractivity contribution < 1.29 is 38.7 Å². The van der Waals surface area contributed by atoms with Crippen molar-refractivity contribution >= 4 is 58.1 Å². The molecule has 0 aliphatic carbocycles. The van der Waals surface area contributed by atoms with Gasteiger partial charge in [0.15, 0.2) is 14.6 Å². The third-order valence-corrected chi connectivity index (χ3v) is 22.6. The van der Waals surface area contributed by atoms with Crippen molar-refractivity contribution in [2.45, 2.75) is 164 Å². The highest BCUT2D eigenvalue weighted by molar-refractivity contribution is 6.74. The van der Waals surface area contributed by atoms with Crippen LogP contribution in [0.2, 0.25) is 18.1 Å². The number of phenols is 1. The van der Waals surface area contributed by atoms with Crippen LogP contribution in [-0.4, -0.2) is 129 Å². The van der Waals surface area contributed by atoms with Gasteiger partial charge in [-0.05, 0) is 207 Å². The first-order valence-electron chi connectivity index (χ1n) is 34.8. The van der Waals surface area contributed by atoms with Gasteiger partial charge in [0.05, 0.1) is 58.6 Å². The second kappa shape index (κ2) is 37.0. The fourth-order valence-corrected chi connectivity index (χ4v) is 12.3. The molecule has 3 aromatic heterocycles. The summed E-state index contributed by atoms with van der Waals surface area (Å²) >= 11 is 0. The van der Waals surface area contributed by atoms with E-state index in [1.807, 2.05) is 68.4 Å². The standard InChI is InChI=1S/C28H36N2O3.C23H28N2O2.C19H20N2O.C10H24O2Si/c1-4-24(33-28-9-7-8-18-31-28)20-32-25-15-17-27-22(19-25)12-16-26(29-27)21-10-13-23(14-11-21)30(5-2)6-3;1-4-20(26)16-27-21-12-14-23-18(15-21)9-13-22(24-23)17-7-10-19(11-8-17)25(5-2)6-3;1-3-21(4-2)16-8-5-14(6-9-16)18-11-7-15-13-17(22)10-12-19(15)20-18;1-7-9(8-11)12-13(5,6)10(2,3)4/h10-17,19,24,28H,4-9,18,20H2,1-3H3;7-15,20,26H,4-6,16H2,1-3H3;5-13,22H,3-4H2,1-2H3;9,11H,7-8H2,1-6H3. The molecule has 4 atom stereocenters. The Morgan fingerprint density at radius 2 is 0.895 bits per heavy atom. The molecular formula is C80H108N6O8Si. The molecule has 0 bridgehead atoms. The molecule has 0 saturated carbocycles. The zero-order valence-electron chi connectivity index (χ0n) is 59.3. The summed E-state index contributed by atoms with van der Waals surface area (Å²) in [5, 5.41) is 31.5. The zero-order valence-corrected chi connectivity index (χ0v) is 60.3. The van der Waals surface area contributed by atoms with Crippen LogP contribution in [0.25, 0.3) is 66.5 Å². The second-order valence-electron chi connectivity index (χ2n) is 25.6. The molecule has 0 radical (unpaired) electrons. The van der Waals surface area contributed by atoms with E-state index in [0.29, 0.717) is 19.6 Å². The summed E-state index contributed by atoms with van der Waals surface area (Å²) in [7, 11) is -1.67. The number of aromatic nitrogens is 3. The van der Waals surface area contributed by atoms with E-state index in [0.717, 1.165) is 150 Å². The highest BCUT2D eigenvalue weighted by Gasteiger charge is 2.38. The summed E-state index contributed by atoms with van der Waals surface area (Å²) in [4.78, 5) is 21.3. The van der Waals surface area contributed by atoms with E-state index >= 15 is 0 Å². The lowest BCUT2D eigenvalue weighted by molar-refractivity contribution is -0.193. The van der Waals surface area contributed by atoms with Gasteiger partial charge >= 0.3 is 0 Å². The Bertz CT molecular complexity index is 3710. The van der Waals surface area contributed by atoms with Gasteiger partial charge in [-0.1, -0.05) is 96.1 Å². The lowest BCUT2D eigenvalue weighted by Crippen LogP contribution is -2.44. The normalized spacial score (nSPS) is 14.1. The molecule has 1 aliphatic heterocycles. The molecule has 4 heterocycles. The van der Waals surface area contributed by atoms with Crippen LogP contribution in [-0.2, 0) is 13.9 Å². The lowest BCUT2D eigenvalue weighted by Gasteiger charge is -2.38. The van der Waals surface area contributed by atoms with Crippen molar-refractivity contribution in [3.63, 3.8) is 0 Å². The van der Waals surface area contributed by atoms with E-state index in [9.17, 15) is 10.2 Å². The van der Waals surface area contributed by atoms with Crippen LogP contribution in [0, 0.1) is 0 Å². The monoisotopic (exact) mass is 1310 g/mol. The van der Waals surface area contributed by atoms with E-state index in [1.165, 1.54) is 23.5 Å². The molecule has 3 N–H and O–H groups in total. The molecule has 510 valence electrons. The van der Waals surface area contributed by atoms with E-state index in [1.54, 1.807) is 12.1 Å². The van der Waals surface area contributed by atoms with Crippen LogP contribution < -0.4 is 24.2 Å². The summed E-state index contributed by atoms with van der Waals surface area (Å²) in [6.07, 6.45) is 5.28. The Balaban J connectivity index is 0.000000187. The van der Waals surface area contributed by atoms with Crippen molar-refractivity contribution in [1.82, 2.24) is 15.0 Å². The fourth-order valence-electron chi connectivity index (χ4n) is 10.9. The van der Waals surface area contributed by atoms with E-state index in [-0.39, 0.29) is 35.9 Å². The van der Waals surface area contributed by atoms with Crippen molar-refractivity contribution in [3.05, 3.63) is 164 Å². The predicted octanol–water partition coefficient (Wildman–Crippen LogP) is 18.6. The Kier molecular flexibility index (Phi) is 29.1. The van der Waals surface area contributed by atoms with E-state index in [4.69, 9.17) is 38.4 Å². The van der Waals surface area contributed by atoms with Gasteiger partial charge in [-0.3, -0.25) is 0 Å². The third kappa shape index (κ3) is 21.7. The van der Waals surface area contributed by atoms with Crippen LogP contribution in [0.1, 0.15) is 122 Å². The molecule has 0 spiro atoms. The predicted molar refractivity (Wildman–Crippen MR) is 399 cm³/mol. The number of benzene rings is 6. The van der Waals surface area contributed by atoms with Gasteiger partial charge in [0.2, 0.25) is 0 Å². The molecule has 95 heavy (non-hydrogen) atoms. The Hall–Kier alpha value is -7.63. The molecule has 9 aromatic rings. The maximum atomic E-state index is 9.64. The van der Waals surface area contributed by atoms with Crippen molar-refractivity contribution in [1.29, 1.82) is 0 Å². The van der Waals surface area contributed by atoms with Crippen molar-refractivity contribution in [3.8, 4) is 51.0 Å². The zero-order chi connectivity index (χ0) is 68.5. The Labute approximate surface area is 568 Å². The summed E-state index contributed by atoms with van der Waals surface area (Å²) in [5.41, 5.74) is 12.7. The molecule has 15 heteroatoms. The van der Waals surface area contributed by atoms with Crippen molar-refractivity contribution in [2.75, 3.05) is 80.4 Å². The quantitative estimate of drug-likeness (QED) is 0.0440. The van der Waals surface area contributed by atoms with Crippen LogP contribution >= 0.6 is 0 Å². The number of aromatic hydroxyl groups is 1. The number of phenolic OH excluding ortho intramolecular Hbond substituents is 1. The van der Waals surface area contributed by atoms with Gasteiger partial charge < -0.3 is 53.4 Å². The number of anilines is 3. The number of nitrogens with zero attached hydrogens (tertiary/aromatic N) is 6. The largest absolute Gasteiger partial charge is 0.508 e. The first-order chi connectivity index (χ1) is 45.8. The van der Waals surface area contributed by atoms with Gasteiger partial charge in [-0.15, -0.1) is 0 Å². The number of hydrogen-bond donors (Lipinski definition) is 3. The highest BCUT2D eigenvalue weighted by atomic mass is 28.4. The van der Waals surface area contributed by atoms with Crippen LogP contribution in [0.15, 0.2) is 164 Å². The SMILES string of the molecule is CCC(CO)O[Si](C)(C)C(C)(C)C.CCC(COc1ccc2nc(-c3ccc(N(CC)CC)cc3)ccc2c1)OC1CCCCO1.CCC(O)COc1ccc2nc(-c3ccc(N(CC)CC)cc3)ccc2c1.CCN(CC)c1ccc(-c2ccc3cc(O)ccc3n2)cc1. The second-order valence-corrected chi connectivity index (χ2v) is 30.3. The summed E-state index contributed by atoms with van der Waals surface area (Å²) in [6, 6.07) is 55.2. The first kappa shape index (κ1) is 74.8. The number of aliphatic hydroxyl groups is 2. The van der Waals surface area contributed by atoms with Crippen LogP contribution in [0.5, 0.6) is 17.2 Å². The number of rotatable bonds is 26. The number of ether oxygens (including phenoxy) is 4.